The number of nitrogens with zero attached hydrogens (tertiary/aromatic N) is 5. The number of aryl methyl sites for hydroxylation is 1. The molecule has 0 spiro atoms. The minimum absolute atomic E-state index is 0.212. The van der Waals surface area contributed by atoms with Gasteiger partial charge in [0.25, 0.3) is 0 Å². The lowest BCUT2D eigenvalue weighted by atomic mass is 10.2. The molecule has 0 aliphatic rings. The Balaban J connectivity index is 1.48. The first kappa shape index (κ1) is 22.9. The average Bonchev–Trinajstić information content (AvgIpc) is 3.61. The third-order valence-corrected chi connectivity index (χ3v) is 6.47. The van der Waals surface area contributed by atoms with Crippen LogP contribution in [0.2, 0.25) is 0 Å². The second kappa shape index (κ2) is 9.75. The molecule has 0 saturated carbocycles. The largest absolute Gasteiger partial charge is 0.494 e. The molecule has 0 radical (unpaired) electrons. The number of aromatic nitrogens is 5. The Morgan fingerprint density at radius 1 is 1.00 bits per heavy atom. The Morgan fingerprint density at radius 3 is 2.49 bits per heavy atom. The Morgan fingerprint density at radius 2 is 1.77 bits per heavy atom. The summed E-state index contributed by atoms with van der Waals surface area (Å²) in [6.07, 6.45) is 2.63. The highest BCUT2D eigenvalue weighted by Gasteiger charge is 2.24. The molecule has 10 heteroatoms. The van der Waals surface area contributed by atoms with Crippen molar-refractivity contribution in [1.29, 1.82) is 0 Å². The molecular formula is C25H26N6O3S. The molecule has 1 atom stereocenters. The highest BCUT2D eigenvalue weighted by Crippen LogP contribution is 2.38. The van der Waals surface area contributed by atoms with Crippen molar-refractivity contribution in [3.8, 4) is 28.8 Å². The van der Waals surface area contributed by atoms with Crippen LogP contribution in [0.3, 0.4) is 0 Å². The lowest BCUT2D eigenvalue weighted by molar-refractivity contribution is 0.391. The normalized spacial score (nSPS) is 12.1. The van der Waals surface area contributed by atoms with Gasteiger partial charge in [-0.05, 0) is 61.3 Å². The monoisotopic (exact) mass is 490 g/mol. The molecule has 0 saturated heterocycles. The summed E-state index contributed by atoms with van der Waals surface area (Å²) in [5.74, 6) is 3.70. The van der Waals surface area contributed by atoms with Gasteiger partial charge >= 0.3 is 0 Å². The van der Waals surface area contributed by atoms with Crippen molar-refractivity contribution in [1.82, 2.24) is 24.4 Å². The minimum atomic E-state index is 0.212. The molecule has 5 aromatic rings. The van der Waals surface area contributed by atoms with Crippen LogP contribution in [0.25, 0.3) is 22.8 Å². The predicted octanol–water partition coefficient (Wildman–Crippen LogP) is 5.19. The Kier molecular flexibility index (Phi) is 6.37. The number of anilines is 1. The fourth-order valence-electron chi connectivity index (χ4n) is 3.98. The molecule has 0 amide bonds. The van der Waals surface area contributed by atoms with E-state index in [4.69, 9.17) is 13.9 Å². The van der Waals surface area contributed by atoms with Crippen molar-refractivity contribution < 1.29 is 13.9 Å². The summed E-state index contributed by atoms with van der Waals surface area (Å²) in [6, 6.07) is 17.6. The van der Waals surface area contributed by atoms with Crippen LogP contribution in [0.4, 0.5) is 5.95 Å². The van der Waals surface area contributed by atoms with Crippen LogP contribution in [0.1, 0.15) is 18.4 Å². The number of benzene rings is 1. The van der Waals surface area contributed by atoms with E-state index in [9.17, 15) is 0 Å². The van der Waals surface area contributed by atoms with Gasteiger partial charge in [0.05, 0.1) is 19.7 Å². The van der Waals surface area contributed by atoms with Crippen molar-refractivity contribution in [2.45, 2.75) is 25.5 Å². The topological polar surface area (TPSA) is 91.6 Å². The molecule has 0 bridgehead atoms. The first-order valence-corrected chi connectivity index (χ1v) is 12.0. The Bertz CT molecular complexity index is 1430. The molecule has 0 fully saturated rings. The minimum Gasteiger partial charge on any atom is -0.494 e. The molecule has 5 rings (SSSR count). The lowest BCUT2D eigenvalue weighted by Crippen LogP contribution is -2.11. The zero-order chi connectivity index (χ0) is 24.4. The molecule has 1 aromatic carbocycles. The molecule has 0 aliphatic heterocycles. The fourth-order valence-corrected chi connectivity index (χ4v) is 4.67. The molecular weight excluding hydrogens is 464 g/mol. The summed E-state index contributed by atoms with van der Waals surface area (Å²) in [6.45, 7) is 4.05. The molecule has 35 heavy (non-hydrogen) atoms. The number of furan rings is 1. The van der Waals surface area contributed by atoms with E-state index in [1.54, 1.807) is 26.2 Å². The second-order valence-corrected chi connectivity index (χ2v) is 9.27. The zero-order valence-electron chi connectivity index (χ0n) is 19.9. The van der Waals surface area contributed by atoms with Crippen LogP contribution in [-0.2, 0) is 6.42 Å². The molecule has 4 aromatic heterocycles. The number of hydrogen-bond acceptors (Lipinski definition) is 8. The van der Waals surface area contributed by atoms with E-state index in [1.807, 2.05) is 64.7 Å². The number of ether oxygens (including phenoxy) is 2. The van der Waals surface area contributed by atoms with Gasteiger partial charge in [0, 0.05) is 23.6 Å². The maximum absolute atomic E-state index is 5.88. The molecule has 180 valence electrons. The van der Waals surface area contributed by atoms with Crippen molar-refractivity contribution in [2.75, 3.05) is 18.9 Å². The second-order valence-electron chi connectivity index (χ2n) is 8.02. The van der Waals surface area contributed by atoms with Gasteiger partial charge in [-0.15, -0.1) is 10.2 Å². The molecule has 1 unspecified atom stereocenters. The zero-order valence-corrected chi connectivity index (χ0v) is 20.7. The van der Waals surface area contributed by atoms with Crippen LogP contribution in [-0.4, -0.2) is 43.8 Å². The summed E-state index contributed by atoms with van der Waals surface area (Å²) in [5.41, 5.74) is 2.89. The van der Waals surface area contributed by atoms with E-state index >= 15 is 0 Å². The molecule has 9 nitrogen and oxygen atoms in total. The van der Waals surface area contributed by atoms with Crippen molar-refractivity contribution in [3.63, 3.8) is 0 Å². The van der Waals surface area contributed by atoms with Crippen LogP contribution in [0, 0.1) is 6.92 Å². The third-order valence-electron chi connectivity index (χ3n) is 5.60. The van der Waals surface area contributed by atoms with Gasteiger partial charge in [0.1, 0.15) is 22.9 Å². The third kappa shape index (κ3) is 4.44. The smallest absolute Gasteiger partial charge is 0.239 e. The molecule has 0 aliphatic carbocycles. The Labute approximate surface area is 207 Å². The van der Waals surface area contributed by atoms with Gasteiger partial charge in [-0.2, -0.15) is 5.10 Å². The van der Waals surface area contributed by atoms with Crippen LogP contribution in [0.5, 0.6) is 11.5 Å². The first-order valence-electron chi connectivity index (χ1n) is 11.2. The van der Waals surface area contributed by atoms with Gasteiger partial charge in [-0.25, -0.2) is 4.52 Å². The maximum atomic E-state index is 5.88. The number of methoxy groups -OCH3 is 2. The van der Waals surface area contributed by atoms with Gasteiger partial charge in [0.2, 0.25) is 11.8 Å². The summed E-state index contributed by atoms with van der Waals surface area (Å²) in [5, 5.41) is 13.5. The van der Waals surface area contributed by atoms with Crippen molar-refractivity contribution in [2.24, 2.45) is 0 Å². The Hall–Kier alpha value is -3.92. The van der Waals surface area contributed by atoms with Crippen molar-refractivity contribution >= 4 is 23.4 Å². The SMILES string of the molecule is COc1cccc(OC)c1-n1c(NSC(C)Cc2cccc3ccnn23)nnc1-c1ccc(C)o1. The van der Waals surface area contributed by atoms with E-state index in [2.05, 4.69) is 39.1 Å². The quantitative estimate of drug-likeness (QED) is 0.282. The van der Waals surface area contributed by atoms with E-state index in [0.717, 1.165) is 23.4 Å². The molecule has 1 N–H and O–H groups in total. The number of fused-ring (bicyclic) bond motifs is 1. The first-order chi connectivity index (χ1) is 17.1. The summed E-state index contributed by atoms with van der Waals surface area (Å²) in [7, 11) is 3.25. The van der Waals surface area contributed by atoms with E-state index < -0.39 is 0 Å². The number of pyridine rings is 1. The highest BCUT2D eigenvalue weighted by atomic mass is 32.2. The average molecular weight is 491 g/mol. The van der Waals surface area contributed by atoms with E-state index in [1.165, 1.54) is 0 Å². The van der Waals surface area contributed by atoms with Crippen molar-refractivity contribution in [3.05, 3.63) is 72.2 Å². The van der Waals surface area contributed by atoms with Gasteiger partial charge in [-0.3, -0.25) is 9.29 Å². The van der Waals surface area contributed by atoms with E-state index in [0.29, 0.717) is 34.7 Å². The maximum Gasteiger partial charge on any atom is 0.239 e. The van der Waals surface area contributed by atoms with Gasteiger partial charge < -0.3 is 13.9 Å². The predicted molar refractivity (Wildman–Crippen MR) is 136 cm³/mol. The van der Waals surface area contributed by atoms with Crippen LogP contribution < -0.4 is 14.2 Å². The van der Waals surface area contributed by atoms with Gasteiger partial charge in [0.15, 0.2) is 5.76 Å². The highest BCUT2D eigenvalue weighted by molar-refractivity contribution is 8.01. The summed E-state index contributed by atoms with van der Waals surface area (Å²) in [4.78, 5) is 0. The summed E-state index contributed by atoms with van der Waals surface area (Å²) < 4.78 is 24.4. The number of rotatable bonds is 9. The van der Waals surface area contributed by atoms with Gasteiger partial charge in [-0.1, -0.05) is 19.1 Å². The summed E-state index contributed by atoms with van der Waals surface area (Å²) >= 11 is 1.56. The fraction of sp³-hybridized carbons (Fsp3) is 0.240. The lowest BCUT2D eigenvalue weighted by Gasteiger charge is -2.18. The number of hydrogen-bond donors (Lipinski definition) is 1. The van der Waals surface area contributed by atoms with Crippen LogP contribution >= 0.6 is 11.9 Å². The number of nitrogens with one attached hydrogen (secondary N) is 1. The van der Waals surface area contributed by atoms with E-state index in [-0.39, 0.29) is 5.25 Å². The number of para-hydroxylation sites is 1. The molecule has 4 heterocycles. The van der Waals surface area contributed by atoms with Crippen LogP contribution in [0.15, 0.2) is 65.2 Å². The standard InChI is InChI=1S/C25H26N6O3S/c1-16-11-12-22(34-16)24-27-28-25(30(24)23-20(32-3)9-6-10-21(23)33-4)29-35-17(2)15-19-8-5-7-18-13-14-26-31(18)19/h5-14,17H,15H2,1-4H3,(H,28,29).